The summed E-state index contributed by atoms with van der Waals surface area (Å²) < 4.78 is 13.3. The Labute approximate surface area is 136 Å². The molecule has 6 nitrogen and oxygen atoms in total. The van der Waals surface area contributed by atoms with Crippen molar-refractivity contribution in [2.24, 2.45) is 5.10 Å². The van der Waals surface area contributed by atoms with Gasteiger partial charge in [-0.05, 0) is 48.9 Å². The smallest absolute Gasteiger partial charge is 0.267 e. The van der Waals surface area contributed by atoms with Crippen LogP contribution in [-0.4, -0.2) is 16.5 Å². The zero-order valence-electron chi connectivity index (χ0n) is 12.6. The van der Waals surface area contributed by atoms with Gasteiger partial charge in [-0.1, -0.05) is 6.07 Å². The second-order valence-corrected chi connectivity index (χ2v) is 5.19. The van der Waals surface area contributed by atoms with Crippen LogP contribution in [0.3, 0.4) is 0 Å². The summed E-state index contributed by atoms with van der Waals surface area (Å²) in [4.78, 5) is 22.7. The number of amides is 1. The summed E-state index contributed by atoms with van der Waals surface area (Å²) in [7, 11) is 0. The van der Waals surface area contributed by atoms with E-state index in [0.29, 0.717) is 22.5 Å². The van der Waals surface area contributed by atoms with Crippen LogP contribution in [0.25, 0.3) is 6.08 Å². The SMILES string of the molecule is CC1=NN(c2cccc(F)c2)C(=O)/C1=C/c1ccc([N+](=O)[O-])cc1. The molecule has 0 atom stereocenters. The first-order chi connectivity index (χ1) is 11.5. The lowest BCUT2D eigenvalue weighted by Gasteiger charge is -2.11. The number of carbonyl (C=O) groups is 1. The van der Waals surface area contributed by atoms with Gasteiger partial charge in [-0.3, -0.25) is 14.9 Å². The molecule has 0 unspecified atom stereocenters. The first-order valence-electron chi connectivity index (χ1n) is 7.07. The van der Waals surface area contributed by atoms with Gasteiger partial charge < -0.3 is 0 Å². The van der Waals surface area contributed by atoms with E-state index < -0.39 is 10.7 Å². The fourth-order valence-corrected chi connectivity index (χ4v) is 2.33. The highest BCUT2D eigenvalue weighted by atomic mass is 19.1. The highest BCUT2D eigenvalue weighted by Gasteiger charge is 2.28. The number of benzene rings is 2. The highest BCUT2D eigenvalue weighted by Crippen LogP contribution is 2.25. The van der Waals surface area contributed by atoms with Gasteiger partial charge in [-0.15, -0.1) is 0 Å². The van der Waals surface area contributed by atoms with E-state index in [-0.39, 0.29) is 11.6 Å². The molecule has 0 N–H and O–H groups in total. The van der Waals surface area contributed by atoms with Crippen molar-refractivity contribution in [2.75, 3.05) is 5.01 Å². The van der Waals surface area contributed by atoms with E-state index in [2.05, 4.69) is 5.10 Å². The van der Waals surface area contributed by atoms with Crippen LogP contribution in [0.1, 0.15) is 12.5 Å². The number of hydrogen-bond donors (Lipinski definition) is 0. The van der Waals surface area contributed by atoms with Crippen molar-refractivity contribution in [3.8, 4) is 0 Å². The van der Waals surface area contributed by atoms with Gasteiger partial charge in [0.25, 0.3) is 11.6 Å². The number of non-ortho nitro benzene ring substituents is 1. The molecule has 1 aliphatic rings. The summed E-state index contributed by atoms with van der Waals surface area (Å²) >= 11 is 0. The second-order valence-electron chi connectivity index (χ2n) is 5.19. The predicted molar refractivity (Wildman–Crippen MR) is 88.1 cm³/mol. The fraction of sp³-hybridized carbons (Fsp3) is 0.0588. The summed E-state index contributed by atoms with van der Waals surface area (Å²) in [5.74, 6) is -0.836. The molecule has 0 aliphatic carbocycles. The van der Waals surface area contributed by atoms with Crippen LogP contribution in [0, 0.1) is 15.9 Å². The maximum absolute atomic E-state index is 13.3. The van der Waals surface area contributed by atoms with Crippen molar-refractivity contribution in [1.82, 2.24) is 0 Å². The molecule has 0 saturated heterocycles. The Bertz CT molecular complexity index is 888. The molecule has 120 valence electrons. The highest BCUT2D eigenvalue weighted by molar-refractivity contribution is 6.32. The van der Waals surface area contributed by atoms with Crippen LogP contribution >= 0.6 is 0 Å². The number of nitro groups is 1. The number of halogens is 1. The molecule has 1 heterocycles. The lowest BCUT2D eigenvalue weighted by molar-refractivity contribution is -0.384. The zero-order valence-corrected chi connectivity index (χ0v) is 12.6. The van der Waals surface area contributed by atoms with Gasteiger partial charge in [-0.25, -0.2) is 4.39 Å². The van der Waals surface area contributed by atoms with E-state index >= 15 is 0 Å². The summed E-state index contributed by atoms with van der Waals surface area (Å²) in [5.41, 5.74) is 1.79. The molecule has 0 radical (unpaired) electrons. The molecule has 7 heteroatoms. The average Bonchev–Trinajstić information content (AvgIpc) is 2.83. The van der Waals surface area contributed by atoms with Crippen molar-refractivity contribution >= 4 is 29.1 Å². The molecule has 0 fully saturated rings. The number of hydrazone groups is 1. The van der Waals surface area contributed by atoms with Crippen molar-refractivity contribution in [2.45, 2.75) is 6.92 Å². The molecule has 1 aliphatic heterocycles. The lowest BCUT2D eigenvalue weighted by atomic mass is 10.1. The van der Waals surface area contributed by atoms with E-state index in [0.717, 1.165) is 5.01 Å². The molecular weight excluding hydrogens is 313 g/mol. The Balaban J connectivity index is 1.91. The second kappa shape index (κ2) is 6.04. The van der Waals surface area contributed by atoms with Crippen molar-refractivity contribution in [3.05, 3.63) is 75.6 Å². The third-order valence-electron chi connectivity index (χ3n) is 3.53. The van der Waals surface area contributed by atoms with Crippen molar-refractivity contribution in [3.63, 3.8) is 0 Å². The minimum absolute atomic E-state index is 0.0262. The monoisotopic (exact) mass is 325 g/mol. The number of carbonyl (C=O) groups excluding carboxylic acids is 1. The summed E-state index contributed by atoms with van der Waals surface area (Å²) in [6.45, 7) is 1.68. The predicted octanol–water partition coefficient (Wildman–Crippen LogP) is 3.54. The van der Waals surface area contributed by atoms with Gasteiger partial charge in [0.1, 0.15) is 5.82 Å². The van der Waals surface area contributed by atoms with Crippen molar-refractivity contribution < 1.29 is 14.1 Å². The van der Waals surface area contributed by atoms with Crippen LogP contribution in [0.5, 0.6) is 0 Å². The fourth-order valence-electron chi connectivity index (χ4n) is 2.33. The van der Waals surface area contributed by atoms with Crippen LogP contribution < -0.4 is 5.01 Å². The van der Waals surface area contributed by atoms with Crippen molar-refractivity contribution in [1.29, 1.82) is 0 Å². The van der Waals surface area contributed by atoms with E-state index in [1.165, 1.54) is 30.3 Å². The molecule has 1 amide bonds. The van der Waals surface area contributed by atoms with Gasteiger partial charge >= 0.3 is 0 Å². The number of hydrogen-bond acceptors (Lipinski definition) is 4. The van der Waals surface area contributed by atoms with Gasteiger partial charge in [-0.2, -0.15) is 10.1 Å². The third-order valence-corrected chi connectivity index (χ3v) is 3.53. The molecule has 0 aromatic heterocycles. The molecule has 24 heavy (non-hydrogen) atoms. The number of rotatable bonds is 3. The number of nitro benzene ring substituents is 1. The third kappa shape index (κ3) is 2.91. The molecule has 0 saturated carbocycles. The molecular formula is C17H12FN3O3. The Morgan fingerprint density at radius 1 is 1.21 bits per heavy atom. The number of anilines is 1. The van der Waals surface area contributed by atoms with Gasteiger partial charge in [0, 0.05) is 12.1 Å². The van der Waals surface area contributed by atoms with Gasteiger partial charge in [0.05, 0.1) is 21.9 Å². The van der Waals surface area contributed by atoms with Crippen LogP contribution in [0.4, 0.5) is 15.8 Å². The van der Waals surface area contributed by atoms with Crippen LogP contribution in [0.15, 0.2) is 59.2 Å². The Hall–Kier alpha value is -3.35. The maximum atomic E-state index is 13.3. The molecule has 3 rings (SSSR count). The van der Waals surface area contributed by atoms with Gasteiger partial charge in [0.15, 0.2) is 0 Å². The van der Waals surface area contributed by atoms with E-state index in [1.54, 1.807) is 31.2 Å². The van der Waals surface area contributed by atoms with Gasteiger partial charge in [0.2, 0.25) is 0 Å². The standard InChI is InChI=1S/C17H12FN3O3/c1-11-16(9-12-5-7-14(8-6-12)21(23)24)17(22)20(19-11)15-4-2-3-13(18)10-15/h2-10H,1H3/b16-9+. The van der Waals surface area contributed by atoms with Crippen LogP contribution in [-0.2, 0) is 4.79 Å². The normalized spacial score (nSPS) is 15.8. The quantitative estimate of drug-likeness (QED) is 0.492. The largest absolute Gasteiger partial charge is 0.280 e. The zero-order chi connectivity index (χ0) is 17.3. The minimum atomic E-state index is -0.490. The summed E-state index contributed by atoms with van der Waals surface area (Å²) in [5, 5.41) is 16.0. The summed E-state index contributed by atoms with van der Waals surface area (Å²) in [6, 6.07) is 11.4. The van der Waals surface area contributed by atoms with E-state index in [4.69, 9.17) is 0 Å². The van der Waals surface area contributed by atoms with E-state index in [1.807, 2.05) is 0 Å². The topological polar surface area (TPSA) is 75.8 Å². The first kappa shape index (κ1) is 15.5. The maximum Gasteiger partial charge on any atom is 0.280 e. The number of nitrogens with zero attached hydrogens (tertiary/aromatic N) is 3. The molecule has 0 spiro atoms. The first-order valence-corrected chi connectivity index (χ1v) is 7.07. The van der Waals surface area contributed by atoms with Crippen LogP contribution in [0.2, 0.25) is 0 Å². The molecule has 0 bridgehead atoms. The molecule has 2 aromatic rings. The Morgan fingerprint density at radius 2 is 1.92 bits per heavy atom. The minimum Gasteiger partial charge on any atom is -0.267 e. The average molecular weight is 325 g/mol. The van der Waals surface area contributed by atoms with E-state index in [9.17, 15) is 19.3 Å². The molecule has 2 aromatic carbocycles. The Kier molecular flexibility index (Phi) is 3.91. The Morgan fingerprint density at radius 3 is 2.54 bits per heavy atom. The summed E-state index contributed by atoms with van der Waals surface area (Å²) in [6.07, 6.45) is 1.60. The lowest BCUT2D eigenvalue weighted by Crippen LogP contribution is -2.21.